The van der Waals surface area contributed by atoms with E-state index in [1.54, 1.807) is 0 Å². The zero-order valence-electron chi connectivity index (χ0n) is 11.1. The molecule has 1 atom stereocenters. The summed E-state index contributed by atoms with van der Waals surface area (Å²) in [6.45, 7) is 5.37. The Kier molecular flexibility index (Phi) is 4.49. The fourth-order valence-electron chi connectivity index (χ4n) is 2.71. The summed E-state index contributed by atoms with van der Waals surface area (Å²) in [6, 6.07) is 6.15. The first kappa shape index (κ1) is 13.7. The predicted octanol–water partition coefficient (Wildman–Crippen LogP) is 2.36. The summed E-state index contributed by atoms with van der Waals surface area (Å²) in [4.78, 5) is 4.68. The van der Waals surface area contributed by atoms with Crippen LogP contribution in [0.1, 0.15) is 18.9 Å². The third kappa shape index (κ3) is 2.79. The van der Waals surface area contributed by atoms with Gasteiger partial charge in [-0.2, -0.15) is 0 Å². The Morgan fingerprint density at radius 3 is 2.89 bits per heavy atom. The quantitative estimate of drug-likeness (QED) is 0.892. The molecule has 1 unspecified atom stereocenters. The second-order valence-electron chi connectivity index (χ2n) is 5.06. The van der Waals surface area contributed by atoms with E-state index in [0.717, 1.165) is 42.3 Å². The Morgan fingerprint density at radius 1 is 1.39 bits per heavy atom. The maximum Gasteiger partial charge on any atom is 0.0702 e. The number of nitrogens with zero attached hydrogens (tertiary/aromatic N) is 2. The fraction of sp³-hybridized carbons (Fsp3) is 0.571. The first-order valence-corrected chi connectivity index (χ1v) is 6.84. The molecule has 1 heterocycles. The molecule has 1 aliphatic rings. The summed E-state index contributed by atoms with van der Waals surface area (Å²) >= 11 is 6.33. The number of halogens is 1. The van der Waals surface area contributed by atoms with Crippen molar-refractivity contribution in [3.05, 3.63) is 28.8 Å². The van der Waals surface area contributed by atoms with Crippen LogP contribution in [0.15, 0.2) is 18.2 Å². The van der Waals surface area contributed by atoms with Crippen LogP contribution in [-0.4, -0.2) is 42.7 Å². The first-order valence-electron chi connectivity index (χ1n) is 6.47. The molecule has 1 aromatic carbocycles. The lowest BCUT2D eigenvalue weighted by atomic mass is 10.1. The molecule has 0 bridgehead atoms. The van der Waals surface area contributed by atoms with Gasteiger partial charge in [-0.3, -0.25) is 0 Å². The molecule has 0 aromatic heterocycles. The van der Waals surface area contributed by atoms with Crippen molar-refractivity contribution in [2.24, 2.45) is 0 Å². The minimum absolute atomic E-state index is 0.0367. The Bertz CT molecular complexity index is 411. The summed E-state index contributed by atoms with van der Waals surface area (Å²) in [5.74, 6) is 0. The highest BCUT2D eigenvalue weighted by Gasteiger charge is 2.23. The van der Waals surface area contributed by atoms with Gasteiger partial charge in [0.25, 0.3) is 0 Å². The number of likely N-dealkylation sites (N-methyl/N-ethyl adjacent to an activating group) is 1. The Hall–Kier alpha value is -0.770. The molecule has 1 N–H and O–H groups in total. The van der Waals surface area contributed by atoms with Gasteiger partial charge in [0, 0.05) is 24.7 Å². The van der Waals surface area contributed by atoms with Crippen molar-refractivity contribution in [1.82, 2.24) is 4.90 Å². The monoisotopic (exact) mass is 268 g/mol. The lowest BCUT2D eigenvalue weighted by molar-refractivity contribution is 0.281. The van der Waals surface area contributed by atoms with Crippen LogP contribution in [0.25, 0.3) is 0 Å². The van der Waals surface area contributed by atoms with Crippen molar-refractivity contribution in [1.29, 1.82) is 0 Å². The van der Waals surface area contributed by atoms with Crippen LogP contribution in [0.3, 0.4) is 0 Å². The Morgan fingerprint density at radius 2 is 2.17 bits per heavy atom. The van der Waals surface area contributed by atoms with E-state index in [1.165, 1.54) is 0 Å². The zero-order valence-corrected chi connectivity index (χ0v) is 11.8. The molecule has 1 fully saturated rings. The highest BCUT2D eigenvalue weighted by Crippen LogP contribution is 2.32. The van der Waals surface area contributed by atoms with Gasteiger partial charge in [-0.25, -0.2) is 0 Å². The summed E-state index contributed by atoms with van der Waals surface area (Å²) in [5, 5.41) is 10.2. The number of benzene rings is 1. The molecule has 0 radical (unpaired) electrons. The van der Waals surface area contributed by atoms with Crippen molar-refractivity contribution < 1.29 is 5.11 Å². The largest absolute Gasteiger partial charge is 0.392 e. The maximum absolute atomic E-state index is 9.49. The highest BCUT2D eigenvalue weighted by atomic mass is 35.5. The average molecular weight is 269 g/mol. The van der Waals surface area contributed by atoms with Crippen LogP contribution >= 0.6 is 11.6 Å². The molecule has 100 valence electrons. The molecule has 3 nitrogen and oxygen atoms in total. The number of aliphatic hydroxyl groups is 1. The molecular formula is C14H21ClN2O. The fourth-order valence-corrected chi connectivity index (χ4v) is 3.02. The summed E-state index contributed by atoms with van der Waals surface area (Å²) in [5.41, 5.74) is 1.92. The number of hydrogen-bond acceptors (Lipinski definition) is 3. The smallest absolute Gasteiger partial charge is 0.0702 e. The molecular weight excluding hydrogens is 248 g/mol. The SMILES string of the molecule is CC1CN(C)CCCN1c1c(Cl)cccc1CO. The topological polar surface area (TPSA) is 26.7 Å². The molecule has 0 aliphatic carbocycles. The van der Waals surface area contributed by atoms with Gasteiger partial charge in [0.1, 0.15) is 0 Å². The molecule has 1 aliphatic heterocycles. The molecule has 0 spiro atoms. The van der Waals surface area contributed by atoms with Gasteiger partial charge in [-0.1, -0.05) is 23.7 Å². The third-order valence-corrected chi connectivity index (χ3v) is 3.88. The summed E-state index contributed by atoms with van der Waals surface area (Å²) in [6.07, 6.45) is 1.12. The minimum atomic E-state index is 0.0367. The number of anilines is 1. The molecule has 0 saturated carbocycles. The zero-order chi connectivity index (χ0) is 13.1. The van der Waals surface area contributed by atoms with E-state index in [0.29, 0.717) is 6.04 Å². The highest BCUT2D eigenvalue weighted by molar-refractivity contribution is 6.33. The Balaban J connectivity index is 2.34. The normalized spacial score (nSPS) is 22.0. The number of rotatable bonds is 2. The minimum Gasteiger partial charge on any atom is -0.392 e. The van der Waals surface area contributed by atoms with Crippen LogP contribution in [-0.2, 0) is 6.61 Å². The molecule has 18 heavy (non-hydrogen) atoms. The predicted molar refractivity (Wildman–Crippen MR) is 76.3 cm³/mol. The number of aliphatic hydroxyl groups excluding tert-OH is 1. The van der Waals surface area contributed by atoms with Gasteiger partial charge in [-0.05, 0) is 33.0 Å². The Labute approximate surface area is 114 Å². The van der Waals surface area contributed by atoms with E-state index in [9.17, 15) is 5.11 Å². The number of hydrogen-bond donors (Lipinski definition) is 1. The molecule has 2 rings (SSSR count). The van der Waals surface area contributed by atoms with E-state index in [2.05, 4.69) is 23.8 Å². The second kappa shape index (κ2) is 5.91. The van der Waals surface area contributed by atoms with Crippen LogP contribution < -0.4 is 4.90 Å². The average Bonchev–Trinajstić information content (AvgIpc) is 2.50. The van der Waals surface area contributed by atoms with Gasteiger partial charge in [0.2, 0.25) is 0 Å². The number of para-hydroxylation sites is 1. The van der Waals surface area contributed by atoms with Gasteiger partial charge < -0.3 is 14.9 Å². The van der Waals surface area contributed by atoms with Crippen molar-refractivity contribution >= 4 is 17.3 Å². The maximum atomic E-state index is 9.49. The van der Waals surface area contributed by atoms with Gasteiger partial charge in [0.05, 0.1) is 17.3 Å². The van der Waals surface area contributed by atoms with Crippen molar-refractivity contribution in [3.8, 4) is 0 Å². The molecule has 0 amide bonds. The van der Waals surface area contributed by atoms with E-state index in [-0.39, 0.29) is 6.61 Å². The van der Waals surface area contributed by atoms with Crippen molar-refractivity contribution in [2.45, 2.75) is 26.0 Å². The standard InChI is InChI=1S/C14H21ClN2O/c1-11-9-16(2)7-4-8-17(11)14-12(10-18)5-3-6-13(14)15/h3,5-6,11,18H,4,7-10H2,1-2H3. The first-order chi connectivity index (χ1) is 8.63. The molecule has 4 heteroatoms. The van der Waals surface area contributed by atoms with Crippen molar-refractivity contribution in [3.63, 3.8) is 0 Å². The van der Waals surface area contributed by atoms with Gasteiger partial charge in [0.15, 0.2) is 0 Å². The third-order valence-electron chi connectivity index (χ3n) is 3.57. The summed E-state index contributed by atoms with van der Waals surface area (Å²) in [7, 11) is 2.15. The van der Waals surface area contributed by atoms with Crippen molar-refractivity contribution in [2.75, 3.05) is 31.6 Å². The van der Waals surface area contributed by atoms with E-state index in [4.69, 9.17) is 11.6 Å². The lowest BCUT2D eigenvalue weighted by Crippen LogP contribution is -2.38. The summed E-state index contributed by atoms with van der Waals surface area (Å²) < 4.78 is 0. The van der Waals surface area contributed by atoms with Crippen LogP contribution in [0, 0.1) is 0 Å². The van der Waals surface area contributed by atoms with Crippen LogP contribution in [0.4, 0.5) is 5.69 Å². The second-order valence-corrected chi connectivity index (χ2v) is 5.47. The van der Waals surface area contributed by atoms with Gasteiger partial charge in [-0.15, -0.1) is 0 Å². The van der Waals surface area contributed by atoms with E-state index in [1.807, 2.05) is 18.2 Å². The van der Waals surface area contributed by atoms with Crippen LogP contribution in [0.5, 0.6) is 0 Å². The lowest BCUT2D eigenvalue weighted by Gasteiger charge is -2.32. The van der Waals surface area contributed by atoms with Crippen LogP contribution in [0.2, 0.25) is 5.02 Å². The van der Waals surface area contributed by atoms with E-state index >= 15 is 0 Å². The van der Waals surface area contributed by atoms with Gasteiger partial charge >= 0.3 is 0 Å². The van der Waals surface area contributed by atoms with E-state index < -0.39 is 0 Å². The molecule has 1 saturated heterocycles. The molecule has 1 aromatic rings.